The van der Waals surface area contributed by atoms with Crippen molar-refractivity contribution in [1.82, 2.24) is 0 Å². The Bertz CT molecular complexity index is 1200. The van der Waals surface area contributed by atoms with Gasteiger partial charge in [0.25, 0.3) is 11.6 Å². The predicted octanol–water partition coefficient (Wildman–Crippen LogP) is 3.17. The summed E-state index contributed by atoms with van der Waals surface area (Å²) < 4.78 is 10.8. The molecule has 0 unspecified atom stereocenters. The Hall–Kier alpha value is -4.27. The standard InChI is InChI=1S/C21H15N3O6/c25-17-7-5-12(9-16(17)24(27)28)20-22-15-4-2-1-3-14(15)21(26)23(20)13-6-8-18-19(10-13)30-11-29-18/h1-10,20,22,25H,11H2/p-1/t20-/m1/s1. The molecule has 2 aliphatic rings. The van der Waals surface area contributed by atoms with Gasteiger partial charge in [-0.05, 0) is 30.0 Å². The van der Waals surface area contributed by atoms with Crippen molar-refractivity contribution >= 4 is 23.0 Å². The molecule has 0 saturated heterocycles. The third kappa shape index (κ3) is 2.75. The normalized spacial score (nSPS) is 16.7. The minimum atomic E-state index is -0.771. The maximum Gasteiger partial charge on any atom is 0.262 e. The zero-order valence-corrected chi connectivity index (χ0v) is 15.4. The highest BCUT2D eigenvalue weighted by Gasteiger charge is 2.35. The smallest absolute Gasteiger partial charge is 0.262 e. The van der Waals surface area contributed by atoms with Crippen molar-refractivity contribution in [3.05, 3.63) is 81.9 Å². The lowest BCUT2D eigenvalue weighted by Crippen LogP contribution is -2.43. The van der Waals surface area contributed by atoms with E-state index in [2.05, 4.69) is 5.32 Å². The number of nitro groups is 1. The second kappa shape index (κ2) is 6.66. The van der Waals surface area contributed by atoms with Crippen molar-refractivity contribution in [2.24, 2.45) is 0 Å². The largest absolute Gasteiger partial charge is 0.868 e. The first-order chi connectivity index (χ1) is 14.5. The number of fused-ring (bicyclic) bond motifs is 2. The molecule has 2 aliphatic heterocycles. The Kier molecular flexibility index (Phi) is 3.95. The van der Waals surface area contributed by atoms with Crippen LogP contribution in [0.25, 0.3) is 0 Å². The number of hydrogen-bond donors (Lipinski definition) is 1. The van der Waals surface area contributed by atoms with Crippen LogP contribution in [-0.4, -0.2) is 17.6 Å². The lowest BCUT2D eigenvalue weighted by atomic mass is 10.0. The molecule has 0 radical (unpaired) electrons. The topological polar surface area (TPSA) is 117 Å². The quantitative estimate of drug-likeness (QED) is 0.526. The number of amides is 1. The molecule has 0 saturated carbocycles. The van der Waals surface area contributed by atoms with Gasteiger partial charge < -0.3 is 19.9 Å². The Morgan fingerprint density at radius 2 is 1.83 bits per heavy atom. The molecular weight excluding hydrogens is 390 g/mol. The van der Waals surface area contributed by atoms with Gasteiger partial charge in [-0.2, -0.15) is 0 Å². The van der Waals surface area contributed by atoms with E-state index in [4.69, 9.17) is 9.47 Å². The summed E-state index contributed by atoms with van der Waals surface area (Å²) in [5.74, 6) is 0.0845. The summed E-state index contributed by atoms with van der Waals surface area (Å²) in [6.07, 6.45) is -0.771. The third-order valence-electron chi connectivity index (χ3n) is 5.06. The Labute approximate surface area is 170 Å². The Morgan fingerprint density at radius 3 is 2.67 bits per heavy atom. The molecule has 5 rings (SSSR count). The number of rotatable bonds is 3. The molecule has 3 aromatic rings. The first-order valence-corrected chi connectivity index (χ1v) is 9.07. The van der Waals surface area contributed by atoms with E-state index in [0.717, 1.165) is 6.07 Å². The van der Waals surface area contributed by atoms with Gasteiger partial charge >= 0.3 is 0 Å². The fourth-order valence-electron chi connectivity index (χ4n) is 3.64. The summed E-state index contributed by atoms with van der Waals surface area (Å²) in [6.45, 7) is 0.0917. The maximum absolute atomic E-state index is 13.4. The number of ether oxygens (including phenoxy) is 2. The number of nitro benzene ring substituents is 1. The van der Waals surface area contributed by atoms with Gasteiger partial charge in [-0.15, -0.1) is 0 Å². The van der Waals surface area contributed by atoms with Crippen molar-refractivity contribution in [2.45, 2.75) is 6.17 Å². The van der Waals surface area contributed by atoms with Gasteiger partial charge in [-0.25, -0.2) is 0 Å². The summed E-state index contributed by atoms with van der Waals surface area (Å²) in [7, 11) is 0. The van der Waals surface area contributed by atoms with E-state index in [1.54, 1.807) is 42.5 Å². The molecule has 9 heteroatoms. The van der Waals surface area contributed by atoms with Crippen LogP contribution in [-0.2, 0) is 0 Å². The number of para-hydroxylation sites is 1. The molecule has 0 aromatic heterocycles. The maximum atomic E-state index is 13.4. The molecule has 1 N–H and O–H groups in total. The van der Waals surface area contributed by atoms with Crippen LogP contribution in [0, 0.1) is 10.1 Å². The first kappa shape index (κ1) is 17.8. The number of carbonyl (C=O) groups excluding carboxylic acids is 1. The van der Waals surface area contributed by atoms with E-state index in [0.29, 0.717) is 34.0 Å². The SMILES string of the molecule is O=C1c2ccccc2N[C@@H](c2ccc([O-])c([N+](=O)[O-])c2)N1c1ccc2c(c1)OCO2. The molecule has 1 atom stereocenters. The average molecular weight is 404 g/mol. The van der Waals surface area contributed by atoms with Gasteiger partial charge in [0.15, 0.2) is 11.5 Å². The zero-order chi connectivity index (χ0) is 20.8. The fourth-order valence-corrected chi connectivity index (χ4v) is 3.64. The van der Waals surface area contributed by atoms with Crippen LogP contribution in [0.15, 0.2) is 60.7 Å². The van der Waals surface area contributed by atoms with E-state index in [-0.39, 0.29) is 12.7 Å². The molecule has 9 nitrogen and oxygen atoms in total. The summed E-state index contributed by atoms with van der Waals surface area (Å²) in [5, 5.41) is 26.4. The van der Waals surface area contributed by atoms with Crippen molar-refractivity contribution in [1.29, 1.82) is 0 Å². The van der Waals surface area contributed by atoms with Crippen LogP contribution in [0.3, 0.4) is 0 Å². The molecule has 0 spiro atoms. The predicted molar refractivity (Wildman–Crippen MR) is 105 cm³/mol. The Balaban J connectivity index is 1.66. The number of carbonyl (C=O) groups is 1. The molecule has 2 heterocycles. The van der Waals surface area contributed by atoms with Crippen LogP contribution in [0.4, 0.5) is 17.1 Å². The Morgan fingerprint density at radius 1 is 1.03 bits per heavy atom. The lowest BCUT2D eigenvalue weighted by molar-refractivity contribution is -0.398. The average Bonchev–Trinajstić information content (AvgIpc) is 3.22. The molecule has 0 bridgehead atoms. The van der Waals surface area contributed by atoms with Crippen LogP contribution in [0.2, 0.25) is 0 Å². The molecular formula is C21H14N3O6-. The fraction of sp³-hybridized carbons (Fsp3) is 0.0952. The van der Waals surface area contributed by atoms with Gasteiger partial charge in [0.05, 0.1) is 16.2 Å². The van der Waals surface area contributed by atoms with Gasteiger partial charge in [0.2, 0.25) is 6.79 Å². The number of hydrogen-bond acceptors (Lipinski definition) is 7. The van der Waals surface area contributed by atoms with E-state index in [1.807, 2.05) is 0 Å². The minimum Gasteiger partial charge on any atom is -0.868 e. The minimum absolute atomic E-state index is 0.0917. The molecule has 0 fully saturated rings. The highest BCUT2D eigenvalue weighted by atomic mass is 16.7. The van der Waals surface area contributed by atoms with Gasteiger partial charge in [0.1, 0.15) is 6.17 Å². The molecule has 3 aromatic carbocycles. The van der Waals surface area contributed by atoms with Crippen LogP contribution < -0.4 is 24.8 Å². The highest BCUT2D eigenvalue weighted by Crippen LogP contribution is 2.42. The second-order valence-corrected chi connectivity index (χ2v) is 6.79. The lowest BCUT2D eigenvalue weighted by Gasteiger charge is -2.38. The number of benzene rings is 3. The summed E-state index contributed by atoms with van der Waals surface area (Å²) in [4.78, 5) is 25.4. The van der Waals surface area contributed by atoms with Crippen LogP contribution in [0.5, 0.6) is 17.2 Å². The number of anilines is 2. The summed E-state index contributed by atoms with van der Waals surface area (Å²) >= 11 is 0. The highest BCUT2D eigenvalue weighted by molar-refractivity contribution is 6.12. The van der Waals surface area contributed by atoms with Gasteiger partial charge in [-0.3, -0.25) is 19.8 Å². The molecule has 30 heavy (non-hydrogen) atoms. The van der Waals surface area contributed by atoms with E-state index >= 15 is 0 Å². The zero-order valence-electron chi connectivity index (χ0n) is 15.4. The van der Waals surface area contributed by atoms with Gasteiger partial charge in [0, 0.05) is 23.4 Å². The second-order valence-electron chi connectivity index (χ2n) is 6.79. The number of nitrogens with zero attached hydrogens (tertiary/aromatic N) is 2. The molecule has 150 valence electrons. The van der Waals surface area contributed by atoms with E-state index in [1.165, 1.54) is 17.0 Å². The van der Waals surface area contributed by atoms with E-state index < -0.39 is 22.5 Å². The first-order valence-electron chi connectivity index (χ1n) is 9.07. The van der Waals surface area contributed by atoms with Crippen LogP contribution in [0.1, 0.15) is 22.1 Å². The summed E-state index contributed by atoms with van der Waals surface area (Å²) in [5.41, 5.74) is 1.43. The number of nitrogens with one attached hydrogen (secondary N) is 1. The molecule has 0 aliphatic carbocycles. The third-order valence-corrected chi connectivity index (χ3v) is 5.06. The van der Waals surface area contributed by atoms with Crippen molar-refractivity contribution < 1.29 is 24.3 Å². The van der Waals surface area contributed by atoms with Crippen molar-refractivity contribution in [3.8, 4) is 17.2 Å². The van der Waals surface area contributed by atoms with Crippen molar-refractivity contribution in [2.75, 3.05) is 17.0 Å². The van der Waals surface area contributed by atoms with Crippen LogP contribution >= 0.6 is 0 Å². The summed E-state index contributed by atoms with van der Waals surface area (Å²) in [6, 6.07) is 15.9. The van der Waals surface area contributed by atoms with Gasteiger partial charge in [-0.1, -0.05) is 24.3 Å². The van der Waals surface area contributed by atoms with E-state index in [9.17, 15) is 20.0 Å². The monoisotopic (exact) mass is 404 g/mol. The van der Waals surface area contributed by atoms with Crippen molar-refractivity contribution in [3.63, 3.8) is 0 Å². The molecule has 1 amide bonds.